The number of nitrogens with two attached hydrogens (primary N) is 1. The second kappa shape index (κ2) is 7.03. The first-order chi connectivity index (χ1) is 11.3. The molecule has 0 aliphatic carbocycles. The molecule has 0 saturated heterocycles. The van der Waals surface area contributed by atoms with Crippen LogP contribution in [0.5, 0.6) is 5.75 Å². The van der Waals surface area contributed by atoms with Gasteiger partial charge in [-0.2, -0.15) is 0 Å². The summed E-state index contributed by atoms with van der Waals surface area (Å²) in [5, 5.41) is 2.55. The van der Waals surface area contributed by atoms with Crippen molar-refractivity contribution in [3.63, 3.8) is 0 Å². The van der Waals surface area contributed by atoms with Gasteiger partial charge in [-0.15, -0.1) is 0 Å². The summed E-state index contributed by atoms with van der Waals surface area (Å²) >= 11 is 0. The lowest BCUT2D eigenvalue weighted by atomic mass is 10.1. The minimum atomic E-state index is -1.20. The van der Waals surface area contributed by atoms with Gasteiger partial charge in [0, 0.05) is 10.9 Å². The highest BCUT2D eigenvalue weighted by Crippen LogP contribution is 2.29. The first kappa shape index (κ1) is 17.3. The van der Waals surface area contributed by atoms with E-state index in [4.69, 9.17) is 19.6 Å². The van der Waals surface area contributed by atoms with Crippen LogP contribution >= 0.6 is 0 Å². The summed E-state index contributed by atoms with van der Waals surface area (Å²) in [6.07, 6.45) is -1.20. The molecule has 0 bridgehead atoms. The highest BCUT2D eigenvalue weighted by Gasteiger charge is 2.24. The molecule has 24 heavy (non-hydrogen) atoms. The summed E-state index contributed by atoms with van der Waals surface area (Å²) in [5.74, 6) is -0.988. The second-order valence-electron chi connectivity index (χ2n) is 5.05. The standard InChI is InChI=1S/C16H18N2O6/c1-4-22-10-5-6-12-11(7-10)8(2)13(24-12)15(20)23-9(3)14(19)18-16(17)21/h5-7,9H,4H2,1-3H3,(H3,17,18,19,21)/t9-/m0/s1. The molecular weight excluding hydrogens is 316 g/mol. The number of benzene rings is 1. The molecule has 0 aliphatic heterocycles. The number of rotatable bonds is 5. The van der Waals surface area contributed by atoms with E-state index < -0.39 is 24.0 Å². The average Bonchev–Trinajstić information content (AvgIpc) is 2.84. The van der Waals surface area contributed by atoms with Gasteiger partial charge in [0.1, 0.15) is 11.3 Å². The Balaban J connectivity index is 2.22. The van der Waals surface area contributed by atoms with Gasteiger partial charge < -0.3 is 19.6 Å². The molecule has 1 aromatic heterocycles. The Morgan fingerprint density at radius 1 is 1.33 bits per heavy atom. The van der Waals surface area contributed by atoms with Crippen LogP contribution in [0.4, 0.5) is 4.79 Å². The van der Waals surface area contributed by atoms with E-state index >= 15 is 0 Å². The van der Waals surface area contributed by atoms with Crippen molar-refractivity contribution in [2.45, 2.75) is 26.9 Å². The number of esters is 1. The van der Waals surface area contributed by atoms with E-state index in [1.807, 2.05) is 12.2 Å². The molecule has 0 fully saturated rings. The molecule has 8 heteroatoms. The minimum absolute atomic E-state index is 0.0163. The Hall–Kier alpha value is -3.03. The van der Waals surface area contributed by atoms with Gasteiger partial charge in [0.25, 0.3) is 5.91 Å². The second-order valence-corrected chi connectivity index (χ2v) is 5.05. The van der Waals surface area contributed by atoms with Gasteiger partial charge in [0.2, 0.25) is 5.76 Å². The summed E-state index contributed by atoms with van der Waals surface area (Å²) in [6.45, 7) is 5.41. The molecule has 1 aromatic carbocycles. The maximum Gasteiger partial charge on any atom is 0.375 e. The molecule has 0 radical (unpaired) electrons. The summed E-state index contributed by atoms with van der Waals surface area (Å²) in [6, 6.07) is 4.16. The van der Waals surface area contributed by atoms with E-state index in [-0.39, 0.29) is 5.76 Å². The van der Waals surface area contributed by atoms with Crippen LogP contribution in [-0.4, -0.2) is 30.6 Å². The fraction of sp³-hybridized carbons (Fsp3) is 0.312. The van der Waals surface area contributed by atoms with Crippen molar-refractivity contribution in [2.24, 2.45) is 5.73 Å². The zero-order valence-corrected chi connectivity index (χ0v) is 13.5. The number of fused-ring (bicyclic) bond motifs is 1. The summed E-state index contributed by atoms with van der Waals surface area (Å²) < 4.78 is 15.9. The van der Waals surface area contributed by atoms with Crippen molar-refractivity contribution in [2.75, 3.05) is 6.61 Å². The van der Waals surface area contributed by atoms with Gasteiger partial charge in [0.15, 0.2) is 6.10 Å². The molecule has 0 unspecified atom stereocenters. The average molecular weight is 334 g/mol. The molecule has 3 amide bonds. The molecular formula is C16H18N2O6. The van der Waals surface area contributed by atoms with Gasteiger partial charge in [-0.3, -0.25) is 10.1 Å². The number of primary amides is 1. The van der Waals surface area contributed by atoms with E-state index in [1.165, 1.54) is 6.92 Å². The summed E-state index contributed by atoms with van der Waals surface area (Å²) in [5.41, 5.74) is 5.91. The smallest absolute Gasteiger partial charge is 0.375 e. The molecule has 128 valence electrons. The normalized spacial score (nSPS) is 11.8. The van der Waals surface area contributed by atoms with E-state index in [2.05, 4.69) is 0 Å². The lowest BCUT2D eigenvalue weighted by Crippen LogP contribution is -2.42. The number of aryl methyl sites for hydroxylation is 1. The van der Waals surface area contributed by atoms with Gasteiger partial charge >= 0.3 is 12.0 Å². The number of hydrogen-bond acceptors (Lipinski definition) is 6. The topological polar surface area (TPSA) is 121 Å². The number of amides is 3. The SMILES string of the molecule is CCOc1ccc2oc(C(=O)O[C@@H](C)C(=O)NC(N)=O)c(C)c2c1. The fourth-order valence-corrected chi connectivity index (χ4v) is 2.14. The number of furan rings is 1. The zero-order chi connectivity index (χ0) is 17.9. The molecule has 2 aromatic rings. The van der Waals surface area contributed by atoms with E-state index in [1.54, 1.807) is 25.1 Å². The van der Waals surface area contributed by atoms with E-state index in [0.717, 1.165) is 0 Å². The molecule has 0 aliphatic rings. The summed E-state index contributed by atoms with van der Waals surface area (Å²) in [4.78, 5) is 34.4. The van der Waals surface area contributed by atoms with Crippen molar-refractivity contribution in [1.82, 2.24) is 5.32 Å². The highest BCUT2D eigenvalue weighted by atomic mass is 16.6. The van der Waals surface area contributed by atoms with Crippen molar-refractivity contribution in [3.05, 3.63) is 29.5 Å². The summed E-state index contributed by atoms with van der Waals surface area (Å²) in [7, 11) is 0. The number of urea groups is 1. The number of nitrogens with one attached hydrogen (secondary N) is 1. The van der Waals surface area contributed by atoms with Crippen LogP contribution in [0.15, 0.2) is 22.6 Å². The van der Waals surface area contributed by atoms with Crippen LogP contribution in [0.3, 0.4) is 0 Å². The number of carbonyl (C=O) groups is 3. The number of ether oxygens (including phenoxy) is 2. The maximum atomic E-state index is 12.2. The first-order valence-corrected chi connectivity index (χ1v) is 7.30. The van der Waals surface area contributed by atoms with Crippen LogP contribution in [0.25, 0.3) is 11.0 Å². The van der Waals surface area contributed by atoms with Gasteiger partial charge in [-0.1, -0.05) is 0 Å². The Bertz CT molecular complexity index is 795. The lowest BCUT2D eigenvalue weighted by molar-refractivity contribution is -0.127. The zero-order valence-electron chi connectivity index (χ0n) is 13.5. The number of carbonyl (C=O) groups excluding carboxylic acids is 3. The highest BCUT2D eigenvalue weighted by molar-refractivity contribution is 5.99. The largest absolute Gasteiger partial charge is 0.494 e. The monoisotopic (exact) mass is 334 g/mol. The Morgan fingerprint density at radius 3 is 2.67 bits per heavy atom. The van der Waals surface area contributed by atoms with Gasteiger partial charge in [-0.05, 0) is 39.0 Å². The Labute approximate surface area is 137 Å². The third-order valence-electron chi connectivity index (χ3n) is 3.30. The van der Waals surface area contributed by atoms with Crippen molar-refractivity contribution < 1.29 is 28.3 Å². The molecule has 1 heterocycles. The van der Waals surface area contributed by atoms with Crippen LogP contribution in [0, 0.1) is 6.92 Å². The molecule has 2 rings (SSSR count). The third kappa shape index (κ3) is 3.65. The van der Waals surface area contributed by atoms with Gasteiger partial charge in [0.05, 0.1) is 6.61 Å². The van der Waals surface area contributed by atoms with Crippen LogP contribution in [-0.2, 0) is 9.53 Å². The Morgan fingerprint density at radius 2 is 2.04 bits per heavy atom. The van der Waals surface area contributed by atoms with Crippen LogP contribution in [0.1, 0.15) is 30.0 Å². The van der Waals surface area contributed by atoms with E-state index in [0.29, 0.717) is 28.9 Å². The van der Waals surface area contributed by atoms with Crippen LogP contribution < -0.4 is 15.8 Å². The predicted octanol–water partition coefficient (Wildman–Crippen LogP) is 1.88. The third-order valence-corrected chi connectivity index (χ3v) is 3.30. The first-order valence-electron chi connectivity index (χ1n) is 7.30. The number of imide groups is 1. The van der Waals surface area contributed by atoms with Crippen molar-refractivity contribution in [1.29, 1.82) is 0 Å². The van der Waals surface area contributed by atoms with Crippen molar-refractivity contribution >= 4 is 28.9 Å². The molecule has 0 saturated carbocycles. The predicted molar refractivity (Wildman–Crippen MR) is 84.7 cm³/mol. The molecule has 8 nitrogen and oxygen atoms in total. The maximum absolute atomic E-state index is 12.2. The minimum Gasteiger partial charge on any atom is -0.494 e. The molecule has 3 N–H and O–H groups in total. The van der Waals surface area contributed by atoms with Crippen LogP contribution in [0.2, 0.25) is 0 Å². The quantitative estimate of drug-likeness (QED) is 0.805. The van der Waals surface area contributed by atoms with E-state index in [9.17, 15) is 14.4 Å². The fourth-order valence-electron chi connectivity index (χ4n) is 2.14. The van der Waals surface area contributed by atoms with Crippen molar-refractivity contribution in [3.8, 4) is 5.75 Å². The molecule has 0 spiro atoms. The Kier molecular flexibility index (Phi) is 5.08. The molecule has 1 atom stereocenters. The lowest BCUT2D eigenvalue weighted by Gasteiger charge is -2.10. The van der Waals surface area contributed by atoms with Gasteiger partial charge in [-0.25, -0.2) is 9.59 Å². The number of hydrogen-bond donors (Lipinski definition) is 2.